The van der Waals surface area contributed by atoms with Gasteiger partial charge in [-0.15, -0.1) is 0 Å². The Hall–Kier alpha value is -2.04. The molecule has 3 N–H and O–H groups in total. The summed E-state index contributed by atoms with van der Waals surface area (Å²) in [5.41, 5.74) is 2.67. The van der Waals surface area contributed by atoms with E-state index in [1.165, 1.54) is 0 Å². The lowest BCUT2D eigenvalue weighted by molar-refractivity contribution is -0.137. The maximum absolute atomic E-state index is 12.2. The molecule has 0 fully saturated rings. The van der Waals surface area contributed by atoms with E-state index in [-0.39, 0.29) is 18.4 Å². The SMILES string of the molecule is CC(CC(=O)O)NC(=O)c1cccc2c1CCCN2. The van der Waals surface area contributed by atoms with Crippen molar-refractivity contribution >= 4 is 17.6 Å². The van der Waals surface area contributed by atoms with Crippen molar-refractivity contribution in [3.63, 3.8) is 0 Å². The molecular weight excluding hydrogens is 244 g/mol. The van der Waals surface area contributed by atoms with Gasteiger partial charge in [-0.2, -0.15) is 0 Å². The molecule has 19 heavy (non-hydrogen) atoms. The number of aliphatic carboxylic acids is 1. The Morgan fingerprint density at radius 1 is 1.47 bits per heavy atom. The molecule has 0 aromatic heterocycles. The van der Waals surface area contributed by atoms with Gasteiger partial charge in [0.2, 0.25) is 0 Å². The Morgan fingerprint density at radius 2 is 2.26 bits per heavy atom. The van der Waals surface area contributed by atoms with Crippen LogP contribution in [-0.2, 0) is 11.2 Å². The molecule has 0 radical (unpaired) electrons. The molecular formula is C14H18N2O3. The number of anilines is 1. The second-order valence-corrected chi connectivity index (χ2v) is 4.83. The van der Waals surface area contributed by atoms with Crippen molar-refractivity contribution in [2.45, 2.75) is 32.2 Å². The lowest BCUT2D eigenvalue weighted by Gasteiger charge is -2.21. The zero-order valence-corrected chi connectivity index (χ0v) is 10.9. The number of fused-ring (bicyclic) bond motifs is 1. The van der Waals surface area contributed by atoms with Crippen LogP contribution in [0.1, 0.15) is 35.7 Å². The highest BCUT2D eigenvalue weighted by atomic mass is 16.4. The molecule has 1 aliphatic heterocycles. The van der Waals surface area contributed by atoms with E-state index >= 15 is 0 Å². The van der Waals surface area contributed by atoms with Crippen molar-refractivity contribution in [2.24, 2.45) is 0 Å². The van der Waals surface area contributed by atoms with Crippen molar-refractivity contribution < 1.29 is 14.7 Å². The summed E-state index contributed by atoms with van der Waals surface area (Å²) in [6, 6.07) is 5.21. The van der Waals surface area contributed by atoms with Crippen LogP contribution in [0.25, 0.3) is 0 Å². The number of carboxylic acids is 1. The van der Waals surface area contributed by atoms with Crippen LogP contribution < -0.4 is 10.6 Å². The topological polar surface area (TPSA) is 78.4 Å². The Labute approximate surface area is 112 Å². The standard InChI is InChI=1S/C14H18N2O3/c1-9(8-13(17)18)16-14(19)11-4-2-6-12-10(11)5-3-7-15-12/h2,4,6,9,15H,3,5,7-8H2,1H3,(H,16,19)(H,17,18). The summed E-state index contributed by atoms with van der Waals surface area (Å²) in [6.45, 7) is 2.62. The molecule has 1 aromatic carbocycles. The molecule has 0 aliphatic carbocycles. The van der Waals surface area contributed by atoms with Crippen LogP contribution in [0, 0.1) is 0 Å². The van der Waals surface area contributed by atoms with Crippen LogP contribution in [0.5, 0.6) is 0 Å². The normalized spacial score (nSPS) is 15.0. The molecule has 1 atom stereocenters. The summed E-state index contributed by atoms with van der Waals surface area (Å²) in [6.07, 6.45) is 1.81. The molecule has 2 rings (SSSR count). The second kappa shape index (κ2) is 5.73. The van der Waals surface area contributed by atoms with Crippen LogP contribution in [-0.4, -0.2) is 29.6 Å². The van der Waals surface area contributed by atoms with Crippen molar-refractivity contribution in [1.82, 2.24) is 5.32 Å². The fraction of sp³-hybridized carbons (Fsp3) is 0.429. The number of nitrogens with one attached hydrogen (secondary N) is 2. The average Bonchev–Trinajstić information content (AvgIpc) is 2.36. The summed E-state index contributed by atoms with van der Waals surface area (Å²) in [5, 5.41) is 14.7. The number of amides is 1. The Morgan fingerprint density at radius 3 is 3.00 bits per heavy atom. The largest absolute Gasteiger partial charge is 0.481 e. The first-order valence-corrected chi connectivity index (χ1v) is 6.46. The first-order valence-electron chi connectivity index (χ1n) is 6.46. The Balaban J connectivity index is 2.13. The third kappa shape index (κ3) is 3.24. The third-order valence-electron chi connectivity index (χ3n) is 3.20. The fourth-order valence-corrected chi connectivity index (χ4v) is 2.34. The van der Waals surface area contributed by atoms with Gasteiger partial charge in [0.1, 0.15) is 0 Å². The molecule has 1 heterocycles. The Kier molecular flexibility index (Phi) is 4.04. The van der Waals surface area contributed by atoms with E-state index in [1.807, 2.05) is 12.1 Å². The van der Waals surface area contributed by atoms with Crippen LogP contribution in [0.2, 0.25) is 0 Å². The quantitative estimate of drug-likeness (QED) is 0.770. The van der Waals surface area contributed by atoms with E-state index in [9.17, 15) is 9.59 Å². The van der Waals surface area contributed by atoms with Gasteiger partial charge in [-0.3, -0.25) is 9.59 Å². The maximum Gasteiger partial charge on any atom is 0.305 e. The van der Waals surface area contributed by atoms with Crippen molar-refractivity contribution in [3.05, 3.63) is 29.3 Å². The zero-order valence-electron chi connectivity index (χ0n) is 10.9. The van der Waals surface area contributed by atoms with E-state index in [4.69, 9.17) is 5.11 Å². The monoisotopic (exact) mass is 262 g/mol. The minimum absolute atomic E-state index is 0.0704. The lowest BCUT2D eigenvalue weighted by Crippen LogP contribution is -2.35. The number of benzene rings is 1. The predicted octanol–water partition coefficient (Wildman–Crippen LogP) is 1.64. The van der Waals surface area contributed by atoms with Crippen molar-refractivity contribution in [2.75, 3.05) is 11.9 Å². The number of carbonyl (C=O) groups excluding carboxylic acids is 1. The first kappa shape index (κ1) is 13.4. The van der Waals surface area contributed by atoms with Crippen LogP contribution in [0.3, 0.4) is 0 Å². The van der Waals surface area contributed by atoms with Crippen molar-refractivity contribution in [1.29, 1.82) is 0 Å². The molecule has 0 bridgehead atoms. The fourth-order valence-electron chi connectivity index (χ4n) is 2.34. The van der Waals surface area contributed by atoms with E-state index in [0.717, 1.165) is 30.6 Å². The number of carboxylic acid groups (broad SMARTS) is 1. The van der Waals surface area contributed by atoms with Crippen molar-refractivity contribution in [3.8, 4) is 0 Å². The minimum Gasteiger partial charge on any atom is -0.481 e. The number of hydrogen-bond acceptors (Lipinski definition) is 3. The van der Waals surface area contributed by atoms with Crippen LogP contribution >= 0.6 is 0 Å². The van der Waals surface area contributed by atoms with Gasteiger partial charge in [-0.05, 0) is 37.5 Å². The second-order valence-electron chi connectivity index (χ2n) is 4.83. The highest BCUT2D eigenvalue weighted by Crippen LogP contribution is 2.25. The predicted molar refractivity (Wildman–Crippen MR) is 72.4 cm³/mol. The zero-order chi connectivity index (χ0) is 13.8. The summed E-state index contributed by atoms with van der Waals surface area (Å²) >= 11 is 0. The van der Waals surface area contributed by atoms with Gasteiger partial charge in [0.25, 0.3) is 5.91 Å². The average molecular weight is 262 g/mol. The number of rotatable bonds is 4. The summed E-state index contributed by atoms with van der Waals surface area (Å²) in [7, 11) is 0. The smallest absolute Gasteiger partial charge is 0.305 e. The molecule has 0 saturated heterocycles. The first-order chi connectivity index (χ1) is 9.08. The summed E-state index contributed by atoms with van der Waals surface area (Å²) in [5.74, 6) is -1.11. The lowest BCUT2D eigenvalue weighted by atomic mass is 9.97. The van der Waals surface area contributed by atoms with E-state index in [0.29, 0.717) is 5.56 Å². The molecule has 1 amide bonds. The van der Waals surface area contributed by atoms with E-state index in [2.05, 4.69) is 10.6 Å². The Bertz CT molecular complexity index is 499. The number of carbonyl (C=O) groups is 2. The maximum atomic E-state index is 12.2. The van der Waals surface area contributed by atoms with Gasteiger partial charge >= 0.3 is 5.97 Å². The van der Waals surface area contributed by atoms with Gasteiger partial charge in [0, 0.05) is 23.8 Å². The molecule has 1 aromatic rings. The third-order valence-corrected chi connectivity index (χ3v) is 3.20. The summed E-state index contributed by atoms with van der Waals surface area (Å²) < 4.78 is 0. The van der Waals surface area contributed by atoms with Gasteiger partial charge in [0.05, 0.1) is 6.42 Å². The van der Waals surface area contributed by atoms with Gasteiger partial charge < -0.3 is 15.7 Å². The van der Waals surface area contributed by atoms with Crippen LogP contribution in [0.15, 0.2) is 18.2 Å². The summed E-state index contributed by atoms with van der Waals surface area (Å²) in [4.78, 5) is 22.8. The molecule has 5 nitrogen and oxygen atoms in total. The highest BCUT2D eigenvalue weighted by molar-refractivity contribution is 5.97. The number of hydrogen-bond donors (Lipinski definition) is 3. The molecule has 5 heteroatoms. The highest BCUT2D eigenvalue weighted by Gasteiger charge is 2.19. The molecule has 0 saturated carbocycles. The van der Waals surface area contributed by atoms with Gasteiger partial charge in [0.15, 0.2) is 0 Å². The minimum atomic E-state index is -0.912. The van der Waals surface area contributed by atoms with Crippen LogP contribution in [0.4, 0.5) is 5.69 Å². The molecule has 1 unspecified atom stereocenters. The molecule has 0 spiro atoms. The van der Waals surface area contributed by atoms with E-state index < -0.39 is 5.97 Å². The van der Waals surface area contributed by atoms with E-state index in [1.54, 1.807) is 13.0 Å². The van der Waals surface area contributed by atoms with Gasteiger partial charge in [-0.1, -0.05) is 6.07 Å². The molecule has 102 valence electrons. The molecule has 1 aliphatic rings. The van der Waals surface area contributed by atoms with Gasteiger partial charge in [-0.25, -0.2) is 0 Å².